The molecule has 0 unspecified atom stereocenters. The van der Waals surface area contributed by atoms with Gasteiger partial charge in [0.05, 0.1) is 25.3 Å². The van der Waals surface area contributed by atoms with E-state index in [1.807, 2.05) is 42.5 Å². The summed E-state index contributed by atoms with van der Waals surface area (Å²) in [6.45, 7) is 4.45. The second-order valence-electron chi connectivity index (χ2n) is 13.1. The van der Waals surface area contributed by atoms with E-state index in [1.54, 1.807) is 19.2 Å². The molecule has 0 bridgehead atoms. The molecule has 0 spiro atoms. The van der Waals surface area contributed by atoms with Gasteiger partial charge in [-0.2, -0.15) is 0 Å². The van der Waals surface area contributed by atoms with E-state index in [0.717, 1.165) is 69.7 Å². The number of ketones is 2. The first kappa shape index (κ1) is 33.5. The number of fused-ring (bicyclic) bond motifs is 10. The second kappa shape index (κ2) is 13.4. The van der Waals surface area contributed by atoms with Crippen molar-refractivity contribution in [3.63, 3.8) is 0 Å². The summed E-state index contributed by atoms with van der Waals surface area (Å²) in [5.41, 5.74) is 10.5. The molecule has 0 aromatic heterocycles. The average Bonchev–Trinajstić information content (AvgIpc) is 3.13. The van der Waals surface area contributed by atoms with Gasteiger partial charge < -0.3 is 19.3 Å². The minimum Gasteiger partial charge on any atom is -0.507 e. The number of carbonyl (C=O) groups is 3. The van der Waals surface area contributed by atoms with Crippen LogP contribution in [-0.2, 0) is 30.5 Å². The minimum absolute atomic E-state index is 0.0464. The van der Waals surface area contributed by atoms with Gasteiger partial charge >= 0.3 is 5.97 Å². The SMILES string of the molecule is COc1cc2c(O)cc3c(c2cc1C(C)=O)-c1ccccc1CC3.COc1cc2c(OC(C)=O)cc3c(c2cc1C(C)=O)-c1ccccc1CC3. The van der Waals surface area contributed by atoms with E-state index in [4.69, 9.17) is 14.2 Å². The molecule has 0 aliphatic heterocycles. The predicted molar refractivity (Wildman–Crippen MR) is 200 cm³/mol. The van der Waals surface area contributed by atoms with Gasteiger partial charge in [-0.05, 0) is 131 Å². The Morgan fingerprint density at radius 3 is 1.47 bits per heavy atom. The van der Waals surface area contributed by atoms with Gasteiger partial charge in [-0.15, -0.1) is 0 Å². The molecule has 0 fully saturated rings. The van der Waals surface area contributed by atoms with Crippen molar-refractivity contribution in [2.75, 3.05) is 14.2 Å². The highest BCUT2D eigenvalue weighted by Gasteiger charge is 2.25. The zero-order chi connectivity index (χ0) is 36.0. The molecule has 1 N–H and O–H groups in total. The summed E-state index contributed by atoms with van der Waals surface area (Å²) in [7, 11) is 3.07. The third-order valence-electron chi connectivity index (χ3n) is 9.93. The van der Waals surface area contributed by atoms with E-state index < -0.39 is 0 Å². The Hall–Kier alpha value is -5.95. The summed E-state index contributed by atoms with van der Waals surface area (Å²) in [5.74, 6) is 1.23. The zero-order valence-corrected chi connectivity index (χ0v) is 29.3. The Labute approximate surface area is 296 Å². The molecule has 51 heavy (non-hydrogen) atoms. The largest absolute Gasteiger partial charge is 0.507 e. The molecule has 0 radical (unpaired) electrons. The van der Waals surface area contributed by atoms with Crippen molar-refractivity contribution < 1.29 is 33.7 Å². The normalized spacial score (nSPS) is 12.4. The molecule has 2 aliphatic carbocycles. The van der Waals surface area contributed by atoms with Crippen molar-refractivity contribution >= 4 is 39.1 Å². The van der Waals surface area contributed by atoms with Gasteiger partial charge in [0.15, 0.2) is 11.6 Å². The van der Waals surface area contributed by atoms with Gasteiger partial charge in [-0.1, -0.05) is 48.5 Å². The molecule has 256 valence electrons. The first-order valence-electron chi connectivity index (χ1n) is 17.0. The van der Waals surface area contributed by atoms with Gasteiger partial charge in [-0.25, -0.2) is 0 Å². The fourth-order valence-corrected chi connectivity index (χ4v) is 7.62. The average molecular weight is 679 g/mol. The van der Waals surface area contributed by atoms with Crippen molar-refractivity contribution in [2.24, 2.45) is 0 Å². The summed E-state index contributed by atoms with van der Waals surface area (Å²) in [6.07, 6.45) is 3.64. The Kier molecular flexibility index (Phi) is 8.81. The molecule has 6 aromatic rings. The van der Waals surface area contributed by atoms with Crippen LogP contribution in [0.3, 0.4) is 0 Å². The van der Waals surface area contributed by atoms with Crippen LogP contribution in [0.4, 0.5) is 0 Å². The third-order valence-corrected chi connectivity index (χ3v) is 9.93. The zero-order valence-electron chi connectivity index (χ0n) is 29.3. The van der Waals surface area contributed by atoms with Gasteiger partial charge in [0.2, 0.25) is 0 Å². The number of phenols is 1. The maximum atomic E-state index is 12.2. The van der Waals surface area contributed by atoms with Crippen LogP contribution in [0.15, 0.2) is 84.9 Å². The fraction of sp³-hybridized carbons (Fsp3) is 0.205. The van der Waals surface area contributed by atoms with Crippen molar-refractivity contribution in [1.29, 1.82) is 0 Å². The lowest BCUT2D eigenvalue weighted by Crippen LogP contribution is -2.08. The van der Waals surface area contributed by atoms with Crippen LogP contribution >= 0.6 is 0 Å². The van der Waals surface area contributed by atoms with Crippen LogP contribution in [0.25, 0.3) is 43.8 Å². The summed E-state index contributed by atoms with van der Waals surface area (Å²) < 4.78 is 16.3. The lowest BCUT2D eigenvalue weighted by Gasteiger charge is -2.24. The number of hydrogen-bond acceptors (Lipinski definition) is 7. The predicted octanol–water partition coefficient (Wildman–Crippen LogP) is 9.26. The first-order valence-corrected chi connectivity index (χ1v) is 17.0. The van der Waals surface area contributed by atoms with Gasteiger partial charge in [0, 0.05) is 17.7 Å². The Balaban J connectivity index is 0.000000160. The number of esters is 1. The molecule has 0 amide bonds. The van der Waals surface area contributed by atoms with Gasteiger partial charge in [0.25, 0.3) is 0 Å². The molecule has 2 aliphatic rings. The van der Waals surface area contributed by atoms with Crippen molar-refractivity contribution in [3.05, 3.63) is 118 Å². The van der Waals surface area contributed by atoms with E-state index in [1.165, 1.54) is 44.6 Å². The molecular weight excluding hydrogens is 640 g/mol. The van der Waals surface area contributed by atoms with E-state index >= 15 is 0 Å². The summed E-state index contributed by atoms with van der Waals surface area (Å²) in [4.78, 5) is 35.9. The number of Topliss-reactive ketones (excluding diaryl/α,β-unsaturated/α-hetero) is 2. The highest BCUT2D eigenvalue weighted by atomic mass is 16.5. The number of carbonyl (C=O) groups excluding carboxylic acids is 3. The molecular formula is C44H38O7. The maximum Gasteiger partial charge on any atom is 0.308 e. The number of benzene rings is 6. The number of aromatic hydroxyl groups is 1. The van der Waals surface area contributed by atoms with Crippen molar-refractivity contribution in [1.82, 2.24) is 0 Å². The smallest absolute Gasteiger partial charge is 0.308 e. The molecule has 0 saturated carbocycles. The van der Waals surface area contributed by atoms with Crippen molar-refractivity contribution in [3.8, 4) is 45.3 Å². The lowest BCUT2D eigenvalue weighted by atomic mass is 9.82. The number of aryl methyl sites for hydroxylation is 4. The topological polar surface area (TPSA) is 99.1 Å². The first-order chi connectivity index (χ1) is 24.6. The lowest BCUT2D eigenvalue weighted by molar-refractivity contribution is -0.131. The fourth-order valence-electron chi connectivity index (χ4n) is 7.62. The van der Waals surface area contributed by atoms with E-state index in [-0.39, 0.29) is 23.3 Å². The summed E-state index contributed by atoms with van der Waals surface area (Å²) in [6, 6.07) is 27.7. The van der Waals surface area contributed by atoms with E-state index in [9.17, 15) is 19.5 Å². The van der Waals surface area contributed by atoms with Crippen LogP contribution in [0, 0.1) is 0 Å². The molecule has 0 heterocycles. The summed E-state index contributed by atoms with van der Waals surface area (Å²) in [5, 5.41) is 13.8. The molecule has 6 aromatic carbocycles. The molecule has 0 saturated heterocycles. The van der Waals surface area contributed by atoms with Crippen LogP contribution in [0.1, 0.15) is 63.7 Å². The number of methoxy groups -OCH3 is 2. The van der Waals surface area contributed by atoms with Gasteiger partial charge in [0.1, 0.15) is 23.0 Å². The Morgan fingerprint density at radius 2 is 0.980 bits per heavy atom. The van der Waals surface area contributed by atoms with Crippen LogP contribution in [0.2, 0.25) is 0 Å². The number of phenolic OH excluding ortho intramolecular Hbond substituents is 1. The van der Waals surface area contributed by atoms with Gasteiger partial charge in [-0.3, -0.25) is 14.4 Å². The number of hydrogen-bond donors (Lipinski definition) is 1. The number of ether oxygens (including phenoxy) is 3. The number of rotatable bonds is 5. The molecule has 8 rings (SSSR count). The molecule has 7 nitrogen and oxygen atoms in total. The van der Waals surface area contributed by atoms with Crippen LogP contribution < -0.4 is 14.2 Å². The highest BCUT2D eigenvalue weighted by Crippen LogP contribution is 2.46. The quantitative estimate of drug-likeness (QED) is 0.110. The molecule has 7 heteroatoms. The summed E-state index contributed by atoms with van der Waals surface area (Å²) >= 11 is 0. The third kappa shape index (κ3) is 5.99. The van der Waals surface area contributed by atoms with Crippen LogP contribution in [0.5, 0.6) is 23.0 Å². The standard InChI is InChI=1S/C23H20O4.C21H18O3/c1-13(24)18-11-20-19(12-21(18)26-3)22(27-14(2)25)10-16-9-8-15-6-4-5-7-17(15)23(16)20;1-12(22)16-10-18-17(11-20(16)24-2)19(23)9-14-8-7-13-5-3-4-6-15(13)21(14)18/h4-7,10-12H,8-9H2,1-3H3;3-6,9-11,23H,7-8H2,1-2H3. The van der Waals surface area contributed by atoms with E-state index in [2.05, 4.69) is 30.3 Å². The Morgan fingerprint density at radius 1 is 0.529 bits per heavy atom. The van der Waals surface area contributed by atoms with E-state index in [0.29, 0.717) is 33.8 Å². The highest BCUT2D eigenvalue weighted by molar-refractivity contribution is 6.10. The monoisotopic (exact) mass is 678 g/mol. The molecule has 0 atom stereocenters. The van der Waals surface area contributed by atoms with Crippen LogP contribution in [-0.4, -0.2) is 36.9 Å². The van der Waals surface area contributed by atoms with Crippen molar-refractivity contribution in [2.45, 2.75) is 46.5 Å². The Bertz CT molecular complexity index is 2420. The maximum absolute atomic E-state index is 12.2. The second-order valence-corrected chi connectivity index (χ2v) is 13.1. The minimum atomic E-state index is -0.373.